The second-order valence-corrected chi connectivity index (χ2v) is 9.90. The molecule has 1 fully saturated rings. The molecule has 2 aliphatic carbocycles. The van der Waals surface area contributed by atoms with E-state index >= 15 is 0 Å². The highest BCUT2D eigenvalue weighted by molar-refractivity contribution is 6.35. The topological polar surface area (TPSA) is 49.6 Å². The zero-order chi connectivity index (χ0) is 24.6. The fraction of sp³-hybridized carbons (Fsp3) is 0.375. The van der Waals surface area contributed by atoms with E-state index in [-0.39, 0.29) is 35.0 Å². The molecule has 2 N–H and O–H groups in total. The monoisotopic (exact) mass is 531 g/mol. The first-order valence-corrected chi connectivity index (χ1v) is 12.0. The lowest BCUT2D eigenvalue weighted by Crippen LogP contribution is -2.45. The van der Waals surface area contributed by atoms with Gasteiger partial charge in [0.15, 0.2) is 6.17 Å². The zero-order valence-corrected chi connectivity index (χ0v) is 20.4. The van der Waals surface area contributed by atoms with Gasteiger partial charge in [-0.05, 0) is 36.3 Å². The minimum absolute atomic E-state index is 0.0633. The number of carbonyl (C=O) groups is 1. The smallest absolute Gasteiger partial charge is 0.249 e. The predicted molar refractivity (Wildman–Crippen MR) is 128 cm³/mol. The van der Waals surface area contributed by atoms with Crippen molar-refractivity contribution in [2.24, 2.45) is 5.73 Å². The van der Waals surface area contributed by atoms with Crippen LogP contribution in [0.1, 0.15) is 24.8 Å². The number of allylic oxidation sites excluding steroid dienone is 4. The number of alkyl halides is 1. The summed E-state index contributed by atoms with van der Waals surface area (Å²) in [6.07, 6.45) is 5.02. The fourth-order valence-corrected chi connectivity index (χ4v) is 5.17. The Balaban J connectivity index is 1.56. The van der Waals surface area contributed by atoms with Gasteiger partial charge in [0.05, 0.1) is 5.02 Å². The minimum atomic E-state index is -1.80. The molecule has 4 rings (SSSR count). The summed E-state index contributed by atoms with van der Waals surface area (Å²) < 4.78 is 41.3. The zero-order valence-electron chi connectivity index (χ0n) is 18.1. The maximum absolute atomic E-state index is 14.2. The Hall–Kier alpha value is -1.93. The predicted octanol–water partition coefficient (Wildman–Crippen LogP) is 5.79. The van der Waals surface area contributed by atoms with Crippen LogP contribution in [-0.4, -0.2) is 47.1 Å². The summed E-state index contributed by atoms with van der Waals surface area (Å²) in [5, 5.41) is 0.789. The molecule has 1 heterocycles. The van der Waals surface area contributed by atoms with Crippen molar-refractivity contribution in [3.05, 3.63) is 80.0 Å². The van der Waals surface area contributed by atoms with Gasteiger partial charge in [0.25, 0.3) is 0 Å². The van der Waals surface area contributed by atoms with E-state index in [0.717, 1.165) is 6.08 Å². The van der Waals surface area contributed by atoms with Crippen molar-refractivity contribution in [3.63, 3.8) is 0 Å². The number of hydrogen-bond donors (Lipinski definition) is 1. The molecule has 4 nitrogen and oxygen atoms in total. The summed E-state index contributed by atoms with van der Waals surface area (Å²) >= 11 is 18.5. The number of amides is 1. The van der Waals surface area contributed by atoms with Crippen LogP contribution < -0.4 is 5.73 Å². The number of nitrogens with zero attached hydrogens (tertiary/aromatic N) is 2. The first-order chi connectivity index (χ1) is 16.1. The summed E-state index contributed by atoms with van der Waals surface area (Å²) in [5.74, 6) is -1.76. The Morgan fingerprint density at radius 2 is 1.91 bits per heavy atom. The van der Waals surface area contributed by atoms with E-state index < -0.39 is 17.8 Å². The lowest BCUT2D eigenvalue weighted by Gasteiger charge is -2.36. The highest BCUT2D eigenvalue weighted by Gasteiger charge is 2.36. The Labute approximate surface area is 211 Å². The number of benzene rings is 1. The van der Waals surface area contributed by atoms with Gasteiger partial charge < -0.3 is 10.6 Å². The molecule has 1 aliphatic heterocycles. The van der Waals surface area contributed by atoms with Crippen LogP contribution in [0.3, 0.4) is 0 Å². The normalized spacial score (nSPS) is 25.1. The number of hydrogen-bond acceptors (Lipinski definition) is 3. The first kappa shape index (κ1) is 25.2. The molecule has 1 aromatic rings. The Morgan fingerprint density at radius 1 is 1.15 bits per heavy atom. The van der Waals surface area contributed by atoms with E-state index in [9.17, 15) is 18.0 Å². The van der Waals surface area contributed by atoms with E-state index in [1.165, 1.54) is 18.2 Å². The molecule has 0 spiro atoms. The summed E-state index contributed by atoms with van der Waals surface area (Å²) in [6.45, 7) is 1.11. The molecule has 1 saturated heterocycles. The molecule has 2 unspecified atom stereocenters. The van der Waals surface area contributed by atoms with Crippen LogP contribution in [0.15, 0.2) is 58.6 Å². The summed E-state index contributed by atoms with van der Waals surface area (Å²) in [7, 11) is 0. The molecular weight excluding hydrogens is 510 g/mol. The number of rotatable bonds is 5. The Kier molecular flexibility index (Phi) is 7.67. The quantitative estimate of drug-likeness (QED) is 0.488. The Morgan fingerprint density at radius 3 is 2.62 bits per heavy atom. The maximum atomic E-state index is 14.2. The van der Waals surface area contributed by atoms with Crippen molar-refractivity contribution in [3.8, 4) is 0 Å². The van der Waals surface area contributed by atoms with Gasteiger partial charge in [-0.15, -0.1) is 0 Å². The third-order valence-electron chi connectivity index (χ3n) is 6.40. The molecular formula is C24H23Cl3F3N3O. The van der Waals surface area contributed by atoms with E-state index in [1.54, 1.807) is 11.0 Å². The van der Waals surface area contributed by atoms with Crippen molar-refractivity contribution in [2.45, 2.75) is 44.1 Å². The van der Waals surface area contributed by atoms with Gasteiger partial charge in [-0.2, -0.15) is 0 Å². The van der Waals surface area contributed by atoms with Gasteiger partial charge in [0.2, 0.25) is 5.91 Å². The summed E-state index contributed by atoms with van der Waals surface area (Å²) in [4.78, 5) is 16.7. The van der Waals surface area contributed by atoms with E-state index in [0.29, 0.717) is 53.8 Å². The number of carbonyl (C=O) groups excluding carboxylic acids is 1. The van der Waals surface area contributed by atoms with Crippen molar-refractivity contribution in [1.29, 1.82) is 0 Å². The summed E-state index contributed by atoms with van der Waals surface area (Å²) in [5.41, 5.74) is 7.18. The summed E-state index contributed by atoms with van der Waals surface area (Å²) in [6, 6.07) is 2.42. The number of likely N-dealkylation sites (tertiary alicyclic amines) is 1. The fourth-order valence-electron chi connectivity index (χ4n) is 4.50. The van der Waals surface area contributed by atoms with E-state index in [1.807, 2.05) is 6.08 Å². The molecule has 0 saturated carbocycles. The van der Waals surface area contributed by atoms with Crippen LogP contribution in [0, 0.1) is 5.82 Å². The van der Waals surface area contributed by atoms with Crippen LogP contribution in [0.5, 0.6) is 0 Å². The highest BCUT2D eigenvalue weighted by atomic mass is 35.5. The van der Waals surface area contributed by atoms with E-state index in [4.69, 9.17) is 40.5 Å². The average molecular weight is 533 g/mol. The average Bonchev–Trinajstić information content (AvgIpc) is 3.28. The second kappa shape index (κ2) is 10.4. The number of halogens is 6. The van der Waals surface area contributed by atoms with Crippen LogP contribution in [0.25, 0.3) is 0 Å². The van der Waals surface area contributed by atoms with Gasteiger partial charge in [-0.1, -0.05) is 47.0 Å². The standard InChI is InChI=1S/C24H23Cl3F3N3O/c25-17-10-18(26)21(29)8-14(17)11-33(15-2-4-23(31)19(27)9-15)16-5-6-32(12-16)24(34)13-1-3-20(28)22(30)7-13/h1-4,8,10,15-16,22H,5-7,9,11-12,31H2/t15?,16-,22?/m0/s1. The van der Waals surface area contributed by atoms with Crippen LogP contribution in [-0.2, 0) is 11.3 Å². The van der Waals surface area contributed by atoms with Gasteiger partial charge in [-0.3, -0.25) is 9.69 Å². The lowest BCUT2D eigenvalue weighted by atomic mass is 10.0. The van der Waals surface area contributed by atoms with Crippen molar-refractivity contribution in [1.82, 2.24) is 9.80 Å². The van der Waals surface area contributed by atoms with Crippen LogP contribution >= 0.6 is 34.8 Å². The number of nitrogens with two attached hydrogens (primary N) is 1. The van der Waals surface area contributed by atoms with Crippen molar-refractivity contribution in [2.75, 3.05) is 13.1 Å². The van der Waals surface area contributed by atoms with Gasteiger partial charge in [0.1, 0.15) is 11.6 Å². The lowest BCUT2D eigenvalue weighted by molar-refractivity contribution is -0.126. The molecule has 0 aromatic heterocycles. The highest BCUT2D eigenvalue weighted by Crippen LogP contribution is 2.33. The molecule has 10 heteroatoms. The van der Waals surface area contributed by atoms with Crippen molar-refractivity contribution >= 4 is 40.7 Å². The minimum Gasteiger partial charge on any atom is -0.398 e. The van der Waals surface area contributed by atoms with E-state index in [2.05, 4.69) is 4.90 Å². The molecule has 1 aromatic carbocycles. The third-order valence-corrected chi connectivity index (χ3v) is 7.42. The van der Waals surface area contributed by atoms with Crippen molar-refractivity contribution < 1.29 is 18.0 Å². The molecule has 1 amide bonds. The van der Waals surface area contributed by atoms with Gasteiger partial charge in [0, 0.05) is 65.9 Å². The second-order valence-electron chi connectivity index (χ2n) is 8.63. The SMILES string of the molecule is NC1=C(Cl)CC(N(Cc2cc(F)c(Cl)cc2Cl)[C@H]2CCN(C(=O)C3=CC=C(F)C(F)C3)C2)C=C1. The molecule has 3 atom stereocenters. The van der Waals surface area contributed by atoms with Crippen LogP contribution in [0.2, 0.25) is 10.0 Å². The largest absolute Gasteiger partial charge is 0.398 e. The van der Waals surface area contributed by atoms with Crippen LogP contribution in [0.4, 0.5) is 13.2 Å². The Bertz CT molecular complexity index is 1120. The maximum Gasteiger partial charge on any atom is 0.249 e. The van der Waals surface area contributed by atoms with Gasteiger partial charge in [-0.25, -0.2) is 13.2 Å². The van der Waals surface area contributed by atoms with Gasteiger partial charge >= 0.3 is 0 Å². The molecule has 3 aliphatic rings. The molecule has 182 valence electrons. The third kappa shape index (κ3) is 5.33. The first-order valence-electron chi connectivity index (χ1n) is 10.8. The molecule has 0 radical (unpaired) electrons. The molecule has 0 bridgehead atoms. The molecule has 34 heavy (non-hydrogen) atoms.